The monoisotopic (exact) mass is 417 g/mol. The first-order chi connectivity index (χ1) is 13.9. The Morgan fingerprint density at radius 3 is 2.55 bits per heavy atom. The number of hydrogen-bond donors (Lipinski definition) is 1. The molecule has 154 valence electrons. The van der Waals surface area contributed by atoms with Gasteiger partial charge in [0.25, 0.3) is 5.69 Å². The highest BCUT2D eigenvalue weighted by Gasteiger charge is 2.29. The van der Waals surface area contributed by atoms with Crippen molar-refractivity contribution in [3.05, 3.63) is 58.5 Å². The fourth-order valence-corrected chi connectivity index (χ4v) is 4.20. The molecule has 1 fully saturated rings. The van der Waals surface area contributed by atoms with E-state index in [2.05, 4.69) is 5.32 Å². The molecule has 1 unspecified atom stereocenters. The van der Waals surface area contributed by atoms with Crippen LogP contribution in [-0.2, 0) is 16.1 Å². The van der Waals surface area contributed by atoms with Crippen molar-refractivity contribution in [3.63, 3.8) is 0 Å². The van der Waals surface area contributed by atoms with Gasteiger partial charge in [0, 0.05) is 36.0 Å². The summed E-state index contributed by atoms with van der Waals surface area (Å²) in [7, 11) is 0. The third-order valence-electron chi connectivity index (χ3n) is 4.90. The van der Waals surface area contributed by atoms with Crippen LogP contribution in [0, 0.1) is 16.0 Å². The Morgan fingerprint density at radius 2 is 1.97 bits per heavy atom. The predicted octanol–water partition coefficient (Wildman–Crippen LogP) is 3.22. The second-order valence-electron chi connectivity index (χ2n) is 6.91. The normalized spacial score (nSPS) is 15.7. The predicted molar refractivity (Wildman–Crippen MR) is 108 cm³/mol. The first-order valence-electron chi connectivity index (χ1n) is 9.44. The van der Waals surface area contributed by atoms with Crippen molar-refractivity contribution in [2.75, 3.05) is 13.1 Å². The topological polar surface area (TPSA) is 106 Å². The van der Waals surface area contributed by atoms with Crippen LogP contribution in [0.15, 0.2) is 52.0 Å². The lowest BCUT2D eigenvalue weighted by Crippen LogP contribution is -2.45. The maximum Gasteiger partial charge on any atom is 0.269 e. The van der Waals surface area contributed by atoms with E-state index >= 15 is 0 Å². The number of carbonyl (C=O) groups excluding carboxylic acids is 2. The number of nitro benzene ring substituents is 1. The van der Waals surface area contributed by atoms with E-state index in [1.807, 2.05) is 13.0 Å². The lowest BCUT2D eigenvalue weighted by molar-refractivity contribution is -0.384. The lowest BCUT2D eigenvalue weighted by atomic mass is 9.95. The first kappa shape index (κ1) is 20.9. The maximum absolute atomic E-state index is 12.7. The molecule has 3 rings (SSSR count). The minimum absolute atomic E-state index is 0.0122. The molecule has 1 aromatic heterocycles. The molecule has 2 aromatic rings. The molecule has 8 nitrogen and oxygen atoms in total. The van der Waals surface area contributed by atoms with Crippen molar-refractivity contribution < 1.29 is 18.9 Å². The molecule has 0 aliphatic carbocycles. The van der Waals surface area contributed by atoms with Crippen molar-refractivity contribution in [3.8, 4) is 0 Å². The lowest BCUT2D eigenvalue weighted by Gasteiger charge is -2.32. The molecule has 0 bridgehead atoms. The first-order valence-corrected chi connectivity index (χ1v) is 10.3. The number of carbonyl (C=O) groups is 2. The fourth-order valence-electron chi connectivity index (χ4n) is 3.25. The summed E-state index contributed by atoms with van der Waals surface area (Å²) in [6.45, 7) is 3.29. The van der Waals surface area contributed by atoms with Crippen LogP contribution in [0.4, 0.5) is 5.69 Å². The van der Waals surface area contributed by atoms with Crippen molar-refractivity contribution in [2.24, 2.45) is 5.92 Å². The Hall–Kier alpha value is -2.81. The number of nitrogens with zero attached hydrogens (tertiary/aromatic N) is 2. The Bertz CT molecular complexity index is 846. The van der Waals surface area contributed by atoms with Crippen molar-refractivity contribution in [2.45, 2.75) is 36.5 Å². The van der Waals surface area contributed by atoms with E-state index in [-0.39, 0.29) is 28.7 Å². The van der Waals surface area contributed by atoms with Gasteiger partial charge in [-0.25, -0.2) is 0 Å². The number of likely N-dealkylation sites (tertiary alicyclic amines) is 1. The molecule has 1 aromatic carbocycles. The zero-order chi connectivity index (χ0) is 20.8. The van der Waals surface area contributed by atoms with Crippen LogP contribution in [0.25, 0.3) is 0 Å². The molecule has 0 spiro atoms. The molecular weight excluding hydrogens is 394 g/mol. The number of rotatable bonds is 7. The zero-order valence-corrected chi connectivity index (χ0v) is 16.9. The smallest absolute Gasteiger partial charge is 0.269 e. The fraction of sp³-hybridized carbons (Fsp3) is 0.400. The van der Waals surface area contributed by atoms with Crippen LogP contribution >= 0.6 is 11.8 Å². The van der Waals surface area contributed by atoms with Gasteiger partial charge in [0.2, 0.25) is 11.8 Å². The van der Waals surface area contributed by atoms with Gasteiger partial charge in [0.1, 0.15) is 5.76 Å². The number of nitro groups is 1. The van der Waals surface area contributed by atoms with Gasteiger partial charge >= 0.3 is 0 Å². The summed E-state index contributed by atoms with van der Waals surface area (Å²) in [5.41, 5.74) is 0.0284. The summed E-state index contributed by atoms with van der Waals surface area (Å²) >= 11 is 1.38. The average Bonchev–Trinajstić information content (AvgIpc) is 3.25. The SMILES string of the molecule is CC(Sc1ccc([N+](=O)[O-])cc1)C(=O)N1CCC(C(=O)NCc2ccco2)CC1. The molecule has 1 aliphatic heterocycles. The van der Waals surface area contributed by atoms with Crippen LogP contribution < -0.4 is 5.32 Å². The number of hydrogen-bond acceptors (Lipinski definition) is 6. The molecule has 1 N–H and O–H groups in total. The van der Waals surface area contributed by atoms with Crippen molar-refractivity contribution >= 4 is 29.3 Å². The van der Waals surface area contributed by atoms with Crippen LogP contribution in [0.2, 0.25) is 0 Å². The molecule has 1 atom stereocenters. The molecule has 2 heterocycles. The van der Waals surface area contributed by atoms with Gasteiger partial charge in [-0.15, -0.1) is 11.8 Å². The molecule has 1 aliphatic rings. The number of amides is 2. The van der Waals surface area contributed by atoms with Crippen LogP contribution in [-0.4, -0.2) is 40.0 Å². The summed E-state index contributed by atoms with van der Waals surface area (Å²) in [5, 5.41) is 13.3. The third-order valence-corrected chi connectivity index (χ3v) is 6.00. The van der Waals surface area contributed by atoms with Crippen molar-refractivity contribution in [1.82, 2.24) is 10.2 Å². The van der Waals surface area contributed by atoms with Gasteiger partial charge in [-0.05, 0) is 44.0 Å². The summed E-state index contributed by atoms with van der Waals surface area (Å²) in [6.07, 6.45) is 2.83. The van der Waals surface area contributed by atoms with E-state index in [0.717, 1.165) is 4.90 Å². The second-order valence-corrected chi connectivity index (χ2v) is 8.32. The van der Waals surface area contributed by atoms with Gasteiger partial charge in [-0.1, -0.05) is 0 Å². The van der Waals surface area contributed by atoms with Gasteiger partial charge in [-0.2, -0.15) is 0 Å². The molecule has 29 heavy (non-hydrogen) atoms. The highest BCUT2D eigenvalue weighted by atomic mass is 32.2. The minimum Gasteiger partial charge on any atom is -0.467 e. The number of thioether (sulfide) groups is 1. The van der Waals surface area contributed by atoms with Gasteiger partial charge in [0.05, 0.1) is 23.0 Å². The van der Waals surface area contributed by atoms with Gasteiger partial charge < -0.3 is 14.6 Å². The van der Waals surface area contributed by atoms with Gasteiger partial charge in [0.15, 0.2) is 0 Å². The van der Waals surface area contributed by atoms with E-state index < -0.39 is 4.92 Å². The summed E-state index contributed by atoms with van der Waals surface area (Å²) in [6, 6.07) is 9.77. The quantitative estimate of drug-likeness (QED) is 0.421. The Balaban J connectivity index is 1.45. The maximum atomic E-state index is 12.7. The van der Waals surface area contributed by atoms with Gasteiger partial charge in [-0.3, -0.25) is 19.7 Å². The molecule has 0 radical (unpaired) electrons. The van der Waals surface area contributed by atoms with Crippen molar-refractivity contribution in [1.29, 1.82) is 0 Å². The van der Waals surface area contributed by atoms with E-state index in [1.165, 1.54) is 23.9 Å². The largest absolute Gasteiger partial charge is 0.467 e. The number of piperidine rings is 1. The number of benzene rings is 1. The average molecular weight is 417 g/mol. The standard InChI is InChI=1S/C20H23N3O5S/c1-14(29-18-6-4-16(5-7-18)23(26)27)20(25)22-10-8-15(9-11-22)19(24)21-13-17-3-2-12-28-17/h2-7,12,14-15H,8-11,13H2,1H3,(H,21,24). The highest BCUT2D eigenvalue weighted by Crippen LogP contribution is 2.28. The Morgan fingerprint density at radius 1 is 1.28 bits per heavy atom. The summed E-state index contributed by atoms with van der Waals surface area (Å²) < 4.78 is 5.21. The molecule has 1 saturated heterocycles. The number of furan rings is 1. The minimum atomic E-state index is -0.446. The number of non-ortho nitro benzene ring substituents is 1. The molecule has 2 amide bonds. The van der Waals surface area contributed by atoms with E-state index in [4.69, 9.17) is 4.42 Å². The summed E-state index contributed by atoms with van der Waals surface area (Å²) in [4.78, 5) is 37.9. The van der Waals surface area contributed by atoms with Crippen LogP contribution in [0.3, 0.4) is 0 Å². The third kappa shape index (κ3) is 5.60. The molecular formula is C20H23N3O5S. The van der Waals surface area contributed by atoms with E-state index in [9.17, 15) is 19.7 Å². The highest BCUT2D eigenvalue weighted by molar-refractivity contribution is 8.00. The van der Waals surface area contributed by atoms with E-state index in [1.54, 1.807) is 29.4 Å². The summed E-state index contributed by atoms with van der Waals surface area (Å²) in [5.74, 6) is 0.610. The molecule has 9 heteroatoms. The van der Waals surface area contributed by atoms with E-state index in [0.29, 0.717) is 38.2 Å². The van der Waals surface area contributed by atoms with Crippen LogP contribution in [0.1, 0.15) is 25.5 Å². The number of nitrogens with one attached hydrogen (secondary N) is 1. The Labute approximate surface area is 172 Å². The molecule has 0 saturated carbocycles. The Kier molecular flexibility index (Phi) is 6.92. The van der Waals surface area contributed by atoms with Crippen LogP contribution in [0.5, 0.6) is 0 Å². The second kappa shape index (κ2) is 9.60. The zero-order valence-electron chi connectivity index (χ0n) is 16.1.